The lowest BCUT2D eigenvalue weighted by atomic mass is 10.0. The average molecular weight is 354 g/mol. The molecule has 0 aliphatic carbocycles. The molecule has 0 saturated heterocycles. The first-order valence-corrected chi connectivity index (χ1v) is 9.49. The van der Waals surface area contributed by atoms with E-state index in [9.17, 15) is 10.1 Å². The molecule has 0 fully saturated rings. The number of aromatic nitrogens is 1. The van der Waals surface area contributed by atoms with E-state index < -0.39 is 4.92 Å². The molecule has 4 nitrogen and oxygen atoms in total. The summed E-state index contributed by atoms with van der Waals surface area (Å²) in [5.41, 5.74) is 2.43. The fourth-order valence-corrected chi connectivity index (χ4v) is 4.68. The molecule has 0 bridgehead atoms. The summed E-state index contributed by atoms with van der Waals surface area (Å²) in [7, 11) is 3.20. The van der Waals surface area contributed by atoms with E-state index in [1.54, 1.807) is 16.9 Å². The molecule has 0 amide bonds. The Morgan fingerprint density at radius 1 is 0.875 bits per heavy atom. The molecular formula is C18H14N2O2S2. The first kappa shape index (κ1) is 16.5. The molecule has 0 spiro atoms. The van der Waals surface area contributed by atoms with E-state index >= 15 is 0 Å². The summed E-state index contributed by atoms with van der Waals surface area (Å²) in [6.45, 7) is 0. The molecule has 1 aromatic heterocycles. The van der Waals surface area contributed by atoms with Crippen LogP contribution in [0.5, 0.6) is 0 Å². The molecule has 24 heavy (non-hydrogen) atoms. The van der Waals surface area contributed by atoms with Gasteiger partial charge in [0, 0.05) is 6.07 Å². The van der Waals surface area contributed by atoms with Gasteiger partial charge in [0.25, 0.3) is 5.69 Å². The Kier molecular flexibility index (Phi) is 5.51. The second-order valence-electron chi connectivity index (χ2n) is 4.99. The van der Waals surface area contributed by atoms with Gasteiger partial charge in [-0.1, -0.05) is 71.5 Å². The van der Waals surface area contributed by atoms with Crippen LogP contribution in [0.2, 0.25) is 0 Å². The zero-order valence-electron chi connectivity index (χ0n) is 12.6. The van der Waals surface area contributed by atoms with Gasteiger partial charge in [0.1, 0.15) is 11.2 Å². The first-order chi connectivity index (χ1) is 11.7. The van der Waals surface area contributed by atoms with E-state index in [-0.39, 0.29) is 10.9 Å². The summed E-state index contributed by atoms with van der Waals surface area (Å²) in [4.78, 5) is 14.4. The van der Waals surface area contributed by atoms with E-state index in [2.05, 4.69) is 29.2 Å². The van der Waals surface area contributed by atoms with Crippen molar-refractivity contribution in [1.29, 1.82) is 0 Å². The van der Waals surface area contributed by atoms with Crippen LogP contribution in [0.3, 0.4) is 0 Å². The van der Waals surface area contributed by atoms with Crippen molar-refractivity contribution in [3.63, 3.8) is 0 Å². The number of hydrogen-bond acceptors (Lipinski definition) is 5. The average Bonchev–Trinajstić information content (AvgIpc) is 2.64. The third-order valence-corrected chi connectivity index (χ3v) is 5.99. The predicted molar refractivity (Wildman–Crippen MR) is 99.1 cm³/mol. The highest BCUT2D eigenvalue weighted by Gasteiger charge is 2.16. The lowest BCUT2D eigenvalue weighted by Gasteiger charge is -2.16. The summed E-state index contributed by atoms with van der Waals surface area (Å²) in [6.07, 6.45) is 1.29. The van der Waals surface area contributed by atoms with Crippen molar-refractivity contribution in [2.75, 3.05) is 0 Å². The monoisotopic (exact) mass is 354 g/mol. The van der Waals surface area contributed by atoms with Crippen LogP contribution in [0.1, 0.15) is 16.4 Å². The van der Waals surface area contributed by atoms with E-state index in [0.29, 0.717) is 0 Å². The van der Waals surface area contributed by atoms with Gasteiger partial charge in [-0.2, -0.15) is 0 Å². The second kappa shape index (κ2) is 7.99. The molecule has 0 saturated carbocycles. The minimum atomic E-state index is -0.439. The summed E-state index contributed by atoms with van der Waals surface area (Å²) >= 11 is 0. The third kappa shape index (κ3) is 4.15. The van der Waals surface area contributed by atoms with Crippen LogP contribution in [0.4, 0.5) is 5.69 Å². The Morgan fingerprint density at radius 2 is 1.46 bits per heavy atom. The van der Waals surface area contributed by atoms with Gasteiger partial charge in [0.2, 0.25) is 0 Å². The van der Waals surface area contributed by atoms with E-state index in [0.717, 1.165) is 5.03 Å². The van der Waals surface area contributed by atoms with Crippen LogP contribution < -0.4 is 0 Å². The minimum absolute atomic E-state index is 0.00650. The van der Waals surface area contributed by atoms with Gasteiger partial charge in [0.15, 0.2) is 0 Å². The van der Waals surface area contributed by atoms with Crippen molar-refractivity contribution in [2.45, 2.75) is 10.3 Å². The van der Waals surface area contributed by atoms with Gasteiger partial charge < -0.3 is 0 Å². The van der Waals surface area contributed by atoms with Gasteiger partial charge >= 0.3 is 0 Å². The highest BCUT2D eigenvalue weighted by molar-refractivity contribution is 8.76. The van der Waals surface area contributed by atoms with Gasteiger partial charge in [-0.3, -0.25) is 10.1 Å². The number of rotatable bonds is 6. The molecule has 0 atom stereocenters. The highest BCUT2D eigenvalue weighted by atomic mass is 33.1. The Bertz CT molecular complexity index is 757. The van der Waals surface area contributed by atoms with E-state index in [4.69, 9.17) is 0 Å². The molecule has 0 aliphatic rings. The largest absolute Gasteiger partial charge is 0.287 e. The Hall–Kier alpha value is -2.31. The quantitative estimate of drug-likeness (QED) is 0.331. The van der Waals surface area contributed by atoms with Crippen molar-refractivity contribution in [1.82, 2.24) is 4.98 Å². The molecule has 2 aromatic carbocycles. The maximum absolute atomic E-state index is 10.7. The second-order valence-corrected chi connectivity index (χ2v) is 7.32. The molecule has 1 heterocycles. The smallest absolute Gasteiger partial charge is 0.258 e. The Balaban J connectivity index is 1.79. The SMILES string of the molecule is O=[N+]([O-])c1ccc(SSC(c2ccccc2)c2ccccc2)nc1. The molecule has 0 aliphatic heterocycles. The fourth-order valence-electron chi connectivity index (χ4n) is 2.19. The highest BCUT2D eigenvalue weighted by Crippen LogP contribution is 2.45. The van der Waals surface area contributed by atoms with Crippen molar-refractivity contribution in [3.8, 4) is 0 Å². The van der Waals surface area contributed by atoms with Crippen molar-refractivity contribution in [3.05, 3.63) is 100 Å². The number of nitro groups is 1. The molecule has 0 radical (unpaired) electrons. The maximum Gasteiger partial charge on any atom is 0.287 e. The molecule has 6 heteroatoms. The summed E-state index contributed by atoms with van der Waals surface area (Å²) < 4.78 is 0. The summed E-state index contributed by atoms with van der Waals surface area (Å²) in [6, 6.07) is 23.7. The maximum atomic E-state index is 10.7. The zero-order chi connectivity index (χ0) is 16.8. The lowest BCUT2D eigenvalue weighted by Crippen LogP contribution is -1.95. The van der Waals surface area contributed by atoms with Gasteiger partial charge in [-0.25, -0.2) is 4.98 Å². The number of pyridine rings is 1. The number of nitrogens with zero attached hydrogens (tertiary/aromatic N) is 2. The minimum Gasteiger partial charge on any atom is -0.258 e. The normalized spacial score (nSPS) is 10.7. The van der Waals surface area contributed by atoms with Gasteiger partial charge in [0.05, 0.1) is 10.2 Å². The van der Waals surface area contributed by atoms with Gasteiger partial charge in [-0.05, 0) is 28.0 Å². The van der Waals surface area contributed by atoms with Crippen LogP contribution in [0.15, 0.2) is 84.0 Å². The molecule has 3 rings (SSSR count). The zero-order valence-corrected chi connectivity index (χ0v) is 14.2. The summed E-state index contributed by atoms with van der Waals surface area (Å²) in [5.74, 6) is 0. The van der Waals surface area contributed by atoms with Crippen LogP contribution >= 0.6 is 21.6 Å². The standard InChI is InChI=1S/C18H14N2O2S2/c21-20(22)16-11-12-17(19-13-16)23-24-18(14-7-3-1-4-8-14)15-9-5-2-6-10-15/h1-13,18H. The van der Waals surface area contributed by atoms with Crippen LogP contribution in [-0.4, -0.2) is 9.91 Å². The molecule has 0 N–H and O–H groups in total. The fraction of sp³-hybridized carbons (Fsp3) is 0.0556. The Labute approximate surface area is 147 Å². The topological polar surface area (TPSA) is 56.0 Å². The molecular weight excluding hydrogens is 340 g/mol. The Morgan fingerprint density at radius 3 is 1.92 bits per heavy atom. The molecule has 3 aromatic rings. The van der Waals surface area contributed by atoms with Crippen LogP contribution in [-0.2, 0) is 0 Å². The lowest BCUT2D eigenvalue weighted by molar-refractivity contribution is -0.385. The summed E-state index contributed by atoms with van der Waals surface area (Å²) in [5, 5.41) is 11.6. The van der Waals surface area contributed by atoms with Crippen molar-refractivity contribution in [2.24, 2.45) is 0 Å². The van der Waals surface area contributed by atoms with E-state index in [1.807, 2.05) is 36.4 Å². The van der Waals surface area contributed by atoms with Crippen LogP contribution in [0.25, 0.3) is 0 Å². The van der Waals surface area contributed by atoms with Gasteiger partial charge in [-0.15, -0.1) is 0 Å². The molecule has 0 unspecified atom stereocenters. The molecule has 120 valence electrons. The number of hydrogen-bond donors (Lipinski definition) is 0. The van der Waals surface area contributed by atoms with E-state index in [1.165, 1.54) is 34.2 Å². The van der Waals surface area contributed by atoms with Crippen LogP contribution in [0, 0.1) is 10.1 Å². The third-order valence-electron chi connectivity index (χ3n) is 3.37. The van der Waals surface area contributed by atoms with Crippen molar-refractivity contribution >= 4 is 27.3 Å². The first-order valence-electron chi connectivity index (χ1n) is 7.28. The number of benzene rings is 2. The predicted octanol–water partition coefficient (Wildman–Crippen LogP) is 5.52. The van der Waals surface area contributed by atoms with Crippen molar-refractivity contribution < 1.29 is 4.92 Å².